The maximum atomic E-state index is 11.8. The summed E-state index contributed by atoms with van der Waals surface area (Å²) in [5, 5.41) is 4.01. The van der Waals surface area contributed by atoms with Gasteiger partial charge in [0.25, 0.3) is 0 Å². The highest BCUT2D eigenvalue weighted by Crippen LogP contribution is 2.23. The molecule has 3 nitrogen and oxygen atoms in total. The Morgan fingerprint density at radius 2 is 2.11 bits per heavy atom. The smallest absolute Gasteiger partial charge is 0.322 e. The molecular formula is C15H22ClNO2. The number of halogens is 1. The number of hydrogen-bond acceptors (Lipinski definition) is 3. The lowest BCUT2D eigenvalue weighted by atomic mass is 10.0. The summed E-state index contributed by atoms with van der Waals surface area (Å²) >= 11 is 6.16. The minimum Gasteiger partial charge on any atom is -0.468 e. The van der Waals surface area contributed by atoms with Crippen LogP contribution < -0.4 is 5.32 Å². The van der Waals surface area contributed by atoms with Crippen LogP contribution in [0.3, 0.4) is 0 Å². The summed E-state index contributed by atoms with van der Waals surface area (Å²) in [6.07, 6.45) is 2.82. The van der Waals surface area contributed by atoms with Gasteiger partial charge in [0.15, 0.2) is 0 Å². The monoisotopic (exact) mass is 283 g/mol. The molecule has 0 aromatic heterocycles. The molecule has 1 N–H and O–H groups in total. The third-order valence-electron chi connectivity index (χ3n) is 3.15. The van der Waals surface area contributed by atoms with Crippen LogP contribution >= 0.6 is 11.6 Å². The van der Waals surface area contributed by atoms with E-state index in [4.69, 9.17) is 16.3 Å². The first kappa shape index (κ1) is 16.0. The van der Waals surface area contributed by atoms with Crippen LogP contribution in [-0.2, 0) is 9.53 Å². The SMILES string of the molecule is CCCCC(N[C@@H](C)c1ccccc1Cl)C(=O)OC. The van der Waals surface area contributed by atoms with E-state index in [0.717, 1.165) is 24.8 Å². The molecule has 4 heteroatoms. The Morgan fingerprint density at radius 1 is 1.42 bits per heavy atom. The Hall–Kier alpha value is -1.06. The molecule has 1 rings (SSSR count). The summed E-state index contributed by atoms with van der Waals surface area (Å²) in [6, 6.07) is 7.39. The van der Waals surface area contributed by atoms with E-state index in [1.54, 1.807) is 0 Å². The summed E-state index contributed by atoms with van der Waals surface area (Å²) in [6.45, 7) is 4.11. The molecule has 106 valence electrons. The fourth-order valence-electron chi connectivity index (χ4n) is 2.04. The fraction of sp³-hybridized carbons (Fsp3) is 0.533. The maximum Gasteiger partial charge on any atom is 0.322 e. The standard InChI is InChI=1S/C15H22ClNO2/c1-4-5-10-14(15(18)19-3)17-11(2)12-8-6-7-9-13(12)16/h6-9,11,14,17H,4-5,10H2,1-3H3/t11-,14?/m0/s1. The van der Waals surface area contributed by atoms with Gasteiger partial charge in [0.05, 0.1) is 7.11 Å². The minimum atomic E-state index is -0.281. The molecule has 0 aliphatic rings. The van der Waals surface area contributed by atoms with E-state index in [-0.39, 0.29) is 18.1 Å². The molecule has 0 saturated carbocycles. The maximum absolute atomic E-state index is 11.8. The number of hydrogen-bond donors (Lipinski definition) is 1. The van der Waals surface area contributed by atoms with Gasteiger partial charge in [0, 0.05) is 11.1 Å². The van der Waals surface area contributed by atoms with Crippen molar-refractivity contribution in [1.29, 1.82) is 0 Å². The number of esters is 1. The van der Waals surface area contributed by atoms with Gasteiger partial charge in [-0.15, -0.1) is 0 Å². The molecule has 0 spiro atoms. The van der Waals surface area contributed by atoms with Crippen LogP contribution in [0.4, 0.5) is 0 Å². The number of benzene rings is 1. The van der Waals surface area contributed by atoms with Crippen LogP contribution in [0.25, 0.3) is 0 Å². The highest BCUT2D eigenvalue weighted by atomic mass is 35.5. The predicted octanol–water partition coefficient (Wildman–Crippen LogP) is 3.72. The Kier molecular flexibility index (Phi) is 6.89. The summed E-state index contributed by atoms with van der Waals surface area (Å²) in [4.78, 5) is 11.8. The molecule has 0 amide bonds. The summed E-state index contributed by atoms with van der Waals surface area (Å²) in [7, 11) is 1.42. The minimum absolute atomic E-state index is 0.00894. The van der Waals surface area contributed by atoms with Crippen molar-refractivity contribution in [2.24, 2.45) is 0 Å². The van der Waals surface area contributed by atoms with Gasteiger partial charge in [-0.1, -0.05) is 49.6 Å². The van der Waals surface area contributed by atoms with E-state index in [9.17, 15) is 4.79 Å². The van der Waals surface area contributed by atoms with Gasteiger partial charge in [-0.2, -0.15) is 0 Å². The molecule has 2 atom stereocenters. The Labute approximate surface area is 120 Å². The number of methoxy groups -OCH3 is 1. The van der Waals surface area contributed by atoms with Gasteiger partial charge in [0.1, 0.15) is 6.04 Å². The quantitative estimate of drug-likeness (QED) is 0.775. The van der Waals surface area contributed by atoms with Gasteiger partial charge in [-0.05, 0) is 25.0 Å². The number of rotatable bonds is 7. The zero-order valence-electron chi connectivity index (χ0n) is 11.8. The van der Waals surface area contributed by atoms with Gasteiger partial charge in [-0.25, -0.2) is 0 Å². The second kappa shape index (κ2) is 8.18. The molecule has 0 radical (unpaired) electrons. The van der Waals surface area contributed by atoms with Crippen LogP contribution in [0.1, 0.15) is 44.7 Å². The molecule has 0 fully saturated rings. The zero-order chi connectivity index (χ0) is 14.3. The fourth-order valence-corrected chi connectivity index (χ4v) is 2.34. The molecule has 0 saturated heterocycles. The van der Waals surface area contributed by atoms with Crippen molar-refractivity contribution in [1.82, 2.24) is 5.32 Å². The molecular weight excluding hydrogens is 262 g/mol. The van der Waals surface area contributed by atoms with Crippen molar-refractivity contribution in [3.05, 3.63) is 34.9 Å². The van der Waals surface area contributed by atoms with Crippen LogP contribution in [0.5, 0.6) is 0 Å². The third kappa shape index (κ3) is 4.84. The highest BCUT2D eigenvalue weighted by molar-refractivity contribution is 6.31. The van der Waals surface area contributed by atoms with E-state index in [2.05, 4.69) is 12.2 Å². The molecule has 0 heterocycles. The molecule has 1 unspecified atom stereocenters. The first-order valence-corrected chi connectivity index (χ1v) is 7.06. The van der Waals surface area contributed by atoms with E-state index in [0.29, 0.717) is 5.02 Å². The molecule has 1 aromatic rings. The van der Waals surface area contributed by atoms with Crippen molar-refractivity contribution < 1.29 is 9.53 Å². The van der Waals surface area contributed by atoms with Gasteiger partial charge < -0.3 is 4.74 Å². The molecule has 19 heavy (non-hydrogen) atoms. The van der Waals surface area contributed by atoms with Crippen LogP contribution in [-0.4, -0.2) is 19.1 Å². The Morgan fingerprint density at radius 3 is 2.68 bits per heavy atom. The lowest BCUT2D eigenvalue weighted by Crippen LogP contribution is -2.39. The van der Waals surface area contributed by atoms with Gasteiger partial charge in [-0.3, -0.25) is 10.1 Å². The second-order valence-corrected chi connectivity index (χ2v) is 5.04. The van der Waals surface area contributed by atoms with Crippen molar-refractivity contribution in [3.63, 3.8) is 0 Å². The van der Waals surface area contributed by atoms with E-state index < -0.39 is 0 Å². The average molecular weight is 284 g/mol. The lowest BCUT2D eigenvalue weighted by Gasteiger charge is -2.22. The largest absolute Gasteiger partial charge is 0.468 e. The molecule has 0 aliphatic heterocycles. The third-order valence-corrected chi connectivity index (χ3v) is 3.50. The Balaban J connectivity index is 2.72. The Bertz CT molecular complexity index is 409. The second-order valence-electron chi connectivity index (χ2n) is 4.63. The molecule has 1 aromatic carbocycles. The van der Waals surface area contributed by atoms with Crippen LogP contribution in [0.15, 0.2) is 24.3 Å². The van der Waals surface area contributed by atoms with Crippen molar-refractivity contribution in [2.75, 3.05) is 7.11 Å². The summed E-state index contributed by atoms with van der Waals surface area (Å²) in [5.74, 6) is -0.215. The van der Waals surface area contributed by atoms with E-state index in [1.807, 2.05) is 31.2 Å². The first-order chi connectivity index (χ1) is 9.10. The van der Waals surface area contributed by atoms with E-state index in [1.165, 1.54) is 7.11 Å². The van der Waals surface area contributed by atoms with Gasteiger partial charge in [0.2, 0.25) is 0 Å². The predicted molar refractivity (Wildman–Crippen MR) is 78.3 cm³/mol. The molecule has 0 bridgehead atoms. The lowest BCUT2D eigenvalue weighted by molar-refractivity contribution is -0.143. The summed E-state index contributed by atoms with van der Waals surface area (Å²) in [5.41, 5.74) is 0.995. The number of nitrogens with one attached hydrogen (secondary N) is 1. The van der Waals surface area contributed by atoms with Crippen molar-refractivity contribution >= 4 is 17.6 Å². The summed E-state index contributed by atoms with van der Waals surface area (Å²) < 4.78 is 4.84. The van der Waals surface area contributed by atoms with Crippen molar-refractivity contribution in [3.8, 4) is 0 Å². The first-order valence-electron chi connectivity index (χ1n) is 6.68. The molecule has 0 aliphatic carbocycles. The highest BCUT2D eigenvalue weighted by Gasteiger charge is 2.21. The van der Waals surface area contributed by atoms with Crippen molar-refractivity contribution in [2.45, 2.75) is 45.2 Å². The number of carbonyl (C=O) groups is 1. The van der Waals surface area contributed by atoms with Crippen LogP contribution in [0, 0.1) is 0 Å². The average Bonchev–Trinajstić information content (AvgIpc) is 2.42. The van der Waals surface area contributed by atoms with Crippen LogP contribution in [0.2, 0.25) is 5.02 Å². The number of unbranched alkanes of at least 4 members (excludes halogenated alkanes) is 1. The zero-order valence-corrected chi connectivity index (χ0v) is 12.5. The topological polar surface area (TPSA) is 38.3 Å². The van der Waals surface area contributed by atoms with Gasteiger partial charge >= 0.3 is 5.97 Å². The van der Waals surface area contributed by atoms with E-state index >= 15 is 0 Å². The normalized spacial score (nSPS) is 13.9. The number of ether oxygens (including phenoxy) is 1. The number of carbonyl (C=O) groups excluding carboxylic acids is 1.